The lowest BCUT2D eigenvalue weighted by Gasteiger charge is -2.24. The van der Waals surface area contributed by atoms with Gasteiger partial charge in [0.25, 0.3) is 0 Å². The highest BCUT2D eigenvalue weighted by molar-refractivity contribution is 6.18. The minimum Gasteiger partial charge on any atom is -0.309 e. The molecular weight excluding hydrogens is 569 g/mol. The quantitative estimate of drug-likeness (QED) is 0.191. The van der Waals surface area contributed by atoms with Gasteiger partial charge in [-0.3, -0.25) is 0 Å². The van der Waals surface area contributed by atoms with Crippen molar-refractivity contribution in [1.29, 1.82) is 0 Å². The highest BCUT2D eigenvalue weighted by Crippen LogP contribution is 2.56. The molecule has 2 heterocycles. The molecule has 0 fully saturated rings. The lowest BCUT2D eigenvalue weighted by atomic mass is 9.79. The van der Waals surface area contributed by atoms with Crippen molar-refractivity contribution in [2.24, 2.45) is 0 Å². The number of aromatic nitrogens is 2. The SMILES string of the molecule is CC1(C)c2c(ccc3c2c2ccccc2n3-c2ccccc2)-c2ccc3c(c21)c1ccccc1n3-c1ccc(-c2ccccc2)cc1. The number of rotatable bonds is 3. The van der Waals surface area contributed by atoms with Gasteiger partial charge in [0.1, 0.15) is 0 Å². The molecule has 2 nitrogen and oxygen atoms in total. The Hall–Kier alpha value is -5.86. The Morgan fingerprint density at radius 2 is 0.787 bits per heavy atom. The molecule has 0 spiro atoms. The summed E-state index contributed by atoms with van der Waals surface area (Å²) in [6, 6.07) is 57.7. The Morgan fingerprint density at radius 1 is 0.362 bits per heavy atom. The molecule has 0 aliphatic heterocycles. The number of fused-ring (bicyclic) bond motifs is 11. The van der Waals surface area contributed by atoms with Crippen LogP contribution in [-0.2, 0) is 5.41 Å². The molecule has 0 radical (unpaired) electrons. The van der Waals surface area contributed by atoms with E-state index in [1.807, 2.05) is 0 Å². The molecule has 0 N–H and O–H groups in total. The first-order valence-electron chi connectivity index (χ1n) is 16.5. The molecule has 1 aliphatic carbocycles. The molecule has 47 heavy (non-hydrogen) atoms. The second-order valence-corrected chi connectivity index (χ2v) is 13.3. The van der Waals surface area contributed by atoms with Gasteiger partial charge in [-0.2, -0.15) is 0 Å². The number of nitrogens with zero attached hydrogens (tertiary/aromatic N) is 2. The van der Waals surface area contributed by atoms with Crippen LogP contribution in [0.2, 0.25) is 0 Å². The first-order chi connectivity index (χ1) is 23.1. The Morgan fingerprint density at radius 3 is 1.32 bits per heavy atom. The summed E-state index contributed by atoms with van der Waals surface area (Å²) in [4.78, 5) is 0. The van der Waals surface area contributed by atoms with Gasteiger partial charge in [-0.05, 0) is 81.9 Å². The van der Waals surface area contributed by atoms with Gasteiger partial charge < -0.3 is 9.13 Å². The van der Waals surface area contributed by atoms with Crippen LogP contribution in [0.4, 0.5) is 0 Å². The van der Waals surface area contributed by atoms with E-state index in [9.17, 15) is 0 Å². The number of para-hydroxylation sites is 3. The molecule has 2 aromatic heterocycles. The van der Waals surface area contributed by atoms with Crippen molar-refractivity contribution in [3.05, 3.63) is 169 Å². The van der Waals surface area contributed by atoms with Gasteiger partial charge in [0, 0.05) is 38.3 Å². The third-order valence-corrected chi connectivity index (χ3v) is 10.5. The van der Waals surface area contributed by atoms with E-state index in [2.05, 4.69) is 181 Å². The summed E-state index contributed by atoms with van der Waals surface area (Å²) in [7, 11) is 0. The molecule has 0 atom stereocenters. The fourth-order valence-corrected chi connectivity index (χ4v) is 8.56. The topological polar surface area (TPSA) is 9.86 Å². The number of hydrogen-bond acceptors (Lipinski definition) is 0. The maximum absolute atomic E-state index is 2.45. The molecule has 10 rings (SSSR count). The van der Waals surface area contributed by atoms with E-state index in [1.54, 1.807) is 0 Å². The molecule has 9 aromatic rings. The van der Waals surface area contributed by atoms with E-state index in [0.29, 0.717) is 0 Å². The van der Waals surface area contributed by atoms with Gasteiger partial charge in [0.15, 0.2) is 0 Å². The van der Waals surface area contributed by atoms with Crippen molar-refractivity contribution < 1.29 is 0 Å². The normalized spacial score (nSPS) is 13.5. The number of hydrogen-bond donors (Lipinski definition) is 0. The van der Waals surface area contributed by atoms with Gasteiger partial charge in [-0.15, -0.1) is 0 Å². The zero-order valence-corrected chi connectivity index (χ0v) is 26.4. The maximum Gasteiger partial charge on any atom is 0.0544 e. The predicted molar refractivity (Wildman–Crippen MR) is 198 cm³/mol. The van der Waals surface area contributed by atoms with E-state index in [1.165, 1.54) is 88.4 Å². The molecule has 7 aromatic carbocycles. The molecule has 0 saturated carbocycles. The van der Waals surface area contributed by atoms with E-state index in [4.69, 9.17) is 0 Å². The molecule has 0 amide bonds. The second-order valence-electron chi connectivity index (χ2n) is 13.3. The molecule has 0 saturated heterocycles. The van der Waals surface area contributed by atoms with Crippen molar-refractivity contribution in [3.63, 3.8) is 0 Å². The van der Waals surface area contributed by atoms with Gasteiger partial charge >= 0.3 is 0 Å². The Labute approximate surface area is 273 Å². The van der Waals surface area contributed by atoms with Crippen LogP contribution < -0.4 is 0 Å². The first kappa shape index (κ1) is 26.4. The second kappa shape index (κ2) is 9.57. The van der Waals surface area contributed by atoms with Gasteiger partial charge in [-0.25, -0.2) is 0 Å². The van der Waals surface area contributed by atoms with Crippen LogP contribution in [0.25, 0.3) is 77.2 Å². The lowest BCUT2D eigenvalue weighted by Crippen LogP contribution is -2.16. The average Bonchev–Trinajstić information content (AvgIpc) is 3.72. The van der Waals surface area contributed by atoms with Gasteiger partial charge in [0.05, 0.1) is 22.1 Å². The fraction of sp³-hybridized carbons (Fsp3) is 0.0667. The summed E-state index contributed by atoms with van der Waals surface area (Å²) < 4.78 is 4.89. The van der Waals surface area contributed by atoms with E-state index in [-0.39, 0.29) is 5.41 Å². The Balaban J connectivity index is 1.25. The molecule has 0 unspecified atom stereocenters. The largest absolute Gasteiger partial charge is 0.309 e. The summed E-state index contributed by atoms with van der Waals surface area (Å²) in [5.41, 5.74) is 15.1. The lowest BCUT2D eigenvalue weighted by molar-refractivity contribution is 0.673. The standard InChI is InChI=1S/C45H32N2/c1-45(2)43-33(25-27-39-41(43)35-17-9-11-19-37(35)46(39)31-15-7-4-8-16-31)34-26-28-40-42(44(34)45)36-18-10-12-20-38(36)47(40)32-23-21-30(22-24-32)29-13-5-3-6-14-29/h3-28H,1-2H3. The molecule has 1 aliphatic rings. The molecule has 222 valence electrons. The van der Waals surface area contributed by atoms with Crippen LogP contribution in [0, 0.1) is 0 Å². The first-order valence-corrected chi connectivity index (χ1v) is 16.5. The third kappa shape index (κ3) is 3.56. The third-order valence-electron chi connectivity index (χ3n) is 10.5. The maximum atomic E-state index is 2.45. The molecular formula is C45H32N2. The van der Waals surface area contributed by atoms with Crippen LogP contribution in [0.15, 0.2) is 158 Å². The predicted octanol–water partition coefficient (Wildman–Crippen LogP) is 11.9. The van der Waals surface area contributed by atoms with Crippen molar-refractivity contribution in [2.75, 3.05) is 0 Å². The summed E-state index contributed by atoms with van der Waals surface area (Å²) in [6.45, 7) is 4.87. The van der Waals surface area contributed by atoms with Gasteiger partial charge in [-0.1, -0.05) is 123 Å². The van der Waals surface area contributed by atoms with Crippen LogP contribution >= 0.6 is 0 Å². The zero-order chi connectivity index (χ0) is 31.3. The summed E-state index contributed by atoms with van der Waals surface area (Å²) in [5, 5.41) is 5.32. The number of benzene rings is 7. The average molecular weight is 601 g/mol. The Bertz CT molecular complexity index is 2670. The van der Waals surface area contributed by atoms with Crippen molar-refractivity contribution >= 4 is 43.6 Å². The minimum atomic E-state index is -0.221. The highest BCUT2D eigenvalue weighted by atomic mass is 15.0. The summed E-state index contributed by atoms with van der Waals surface area (Å²) >= 11 is 0. The van der Waals surface area contributed by atoms with Crippen molar-refractivity contribution in [1.82, 2.24) is 9.13 Å². The van der Waals surface area contributed by atoms with Gasteiger partial charge in [0.2, 0.25) is 0 Å². The van der Waals surface area contributed by atoms with Crippen LogP contribution in [-0.4, -0.2) is 9.13 Å². The van der Waals surface area contributed by atoms with E-state index >= 15 is 0 Å². The minimum absolute atomic E-state index is 0.221. The van der Waals surface area contributed by atoms with Crippen LogP contribution in [0.1, 0.15) is 25.0 Å². The summed E-state index contributed by atoms with van der Waals surface area (Å²) in [5.74, 6) is 0. The molecule has 2 heteroatoms. The van der Waals surface area contributed by atoms with Crippen molar-refractivity contribution in [2.45, 2.75) is 19.3 Å². The van der Waals surface area contributed by atoms with E-state index in [0.717, 1.165) is 0 Å². The van der Waals surface area contributed by atoms with Crippen molar-refractivity contribution in [3.8, 4) is 33.6 Å². The van der Waals surface area contributed by atoms with E-state index < -0.39 is 0 Å². The zero-order valence-electron chi connectivity index (χ0n) is 26.4. The molecule has 0 bridgehead atoms. The fourth-order valence-electron chi connectivity index (χ4n) is 8.56. The smallest absolute Gasteiger partial charge is 0.0544 e. The van der Waals surface area contributed by atoms with Crippen LogP contribution in [0.3, 0.4) is 0 Å². The summed E-state index contributed by atoms with van der Waals surface area (Å²) in [6.07, 6.45) is 0. The monoisotopic (exact) mass is 600 g/mol. The highest BCUT2D eigenvalue weighted by Gasteiger charge is 2.40. The Kier molecular flexibility index (Phi) is 5.37. The van der Waals surface area contributed by atoms with Crippen LogP contribution in [0.5, 0.6) is 0 Å².